The summed E-state index contributed by atoms with van der Waals surface area (Å²) in [5, 5.41) is 11.4. The normalized spacial score (nSPS) is 15.5. The third-order valence-electron chi connectivity index (χ3n) is 7.57. The molecule has 4 nitrogen and oxygen atoms in total. The lowest BCUT2D eigenvalue weighted by Crippen LogP contribution is -2.17. The van der Waals surface area contributed by atoms with Crippen molar-refractivity contribution < 1.29 is 14.7 Å². The van der Waals surface area contributed by atoms with Crippen LogP contribution in [0.1, 0.15) is 47.3 Å². The number of Topliss-reactive ketones (excluding diaryl/α,β-unsaturated/α-hetero) is 1. The Bertz CT molecular complexity index is 1740. The number of hydrogen-bond acceptors (Lipinski definition) is 2. The average Bonchev–Trinajstić information content (AvgIpc) is 3.32. The number of hydrogen-bond donors (Lipinski definition) is 1. The highest BCUT2D eigenvalue weighted by Crippen LogP contribution is 2.44. The van der Waals surface area contributed by atoms with Crippen molar-refractivity contribution in [3.05, 3.63) is 119 Å². The van der Waals surface area contributed by atoms with Gasteiger partial charge in [-0.2, -0.15) is 0 Å². The first-order valence-corrected chi connectivity index (χ1v) is 12.6. The van der Waals surface area contributed by atoms with Crippen molar-refractivity contribution in [2.45, 2.75) is 32.1 Å². The lowest BCUT2D eigenvalue weighted by molar-refractivity contribution is -0.136. The van der Waals surface area contributed by atoms with Crippen LogP contribution < -0.4 is 0 Å². The van der Waals surface area contributed by atoms with E-state index in [1.54, 1.807) is 0 Å². The van der Waals surface area contributed by atoms with E-state index in [-0.39, 0.29) is 12.2 Å². The maximum absolute atomic E-state index is 13.5. The Morgan fingerprint density at radius 2 is 1.59 bits per heavy atom. The number of para-hydroxylation sites is 2. The summed E-state index contributed by atoms with van der Waals surface area (Å²) in [6.45, 7) is 4.15. The molecule has 4 aromatic carbocycles. The van der Waals surface area contributed by atoms with E-state index in [0.717, 1.165) is 44.4 Å². The minimum Gasteiger partial charge on any atom is -0.481 e. The molecule has 37 heavy (non-hydrogen) atoms. The molecule has 0 spiro atoms. The number of benzene rings is 4. The molecule has 0 fully saturated rings. The molecule has 0 atom stereocenters. The Morgan fingerprint density at radius 1 is 0.865 bits per heavy atom. The highest BCUT2D eigenvalue weighted by atomic mass is 16.4. The van der Waals surface area contributed by atoms with E-state index < -0.39 is 11.4 Å². The minimum atomic E-state index is -0.819. The minimum absolute atomic E-state index is 0.0385. The number of allylic oxidation sites excluding steroid dienone is 1. The molecular formula is C33H27NO3. The second-order valence-electron chi connectivity index (χ2n) is 10.3. The predicted molar refractivity (Wildman–Crippen MR) is 149 cm³/mol. The van der Waals surface area contributed by atoms with Gasteiger partial charge in [-0.3, -0.25) is 9.59 Å². The van der Waals surface area contributed by atoms with Crippen molar-refractivity contribution in [2.75, 3.05) is 0 Å². The Hall–Kier alpha value is -4.44. The van der Waals surface area contributed by atoms with Crippen LogP contribution in [0.25, 0.3) is 33.6 Å². The second-order valence-corrected chi connectivity index (χ2v) is 10.3. The van der Waals surface area contributed by atoms with Gasteiger partial charge in [-0.25, -0.2) is 0 Å². The molecule has 1 N–H and O–H groups in total. The molecule has 4 heteroatoms. The van der Waals surface area contributed by atoms with Crippen LogP contribution in [0, 0.1) is 0 Å². The Kier molecular flexibility index (Phi) is 5.34. The zero-order valence-electron chi connectivity index (χ0n) is 20.9. The molecule has 0 unspecified atom stereocenters. The lowest BCUT2D eigenvalue weighted by atomic mass is 9.81. The number of nitrogens with zero attached hydrogens (tertiary/aromatic N) is 1. The Labute approximate surface area is 215 Å². The van der Waals surface area contributed by atoms with Crippen LogP contribution in [0.15, 0.2) is 96.6 Å². The molecular weight excluding hydrogens is 458 g/mol. The molecule has 1 aliphatic carbocycles. The summed E-state index contributed by atoms with van der Waals surface area (Å²) in [4.78, 5) is 24.5. The number of ketones is 1. The number of carboxylic acid groups (broad SMARTS) is 1. The topological polar surface area (TPSA) is 59.3 Å². The summed E-state index contributed by atoms with van der Waals surface area (Å²) in [7, 11) is 0. The van der Waals surface area contributed by atoms with E-state index in [0.29, 0.717) is 12.0 Å². The molecule has 0 radical (unpaired) electrons. The van der Waals surface area contributed by atoms with Gasteiger partial charge in [0.05, 0.1) is 11.0 Å². The van der Waals surface area contributed by atoms with Gasteiger partial charge in [-0.15, -0.1) is 0 Å². The molecule has 5 aromatic rings. The first-order valence-electron chi connectivity index (χ1n) is 12.6. The number of aliphatic carboxylic acids is 1. The van der Waals surface area contributed by atoms with Gasteiger partial charge >= 0.3 is 5.97 Å². The lowest BCUT2D eigenvalue weighted by Gasteiger charge is -2.21. The molecule has 0 aliphatic heterocycles. The first kappa shape index (κ1) is 23.0. The quantitative estimate of drug-likeness (QED) is 0.265. The zero-order valence-corrected chi connectivity index (χ0v) is 20.9. The fraction of sp³-hybridized carbons (Fsp3) is 0.152. The van der Waals surface area contributed by atoms with E-state index in [9.17, 15) is 9.59 Å². The SMILES string of the molecule is CC1(C)C(=Cc2ccc3c(c2)c2ccccc2n3-c2ccccc2)C(=O)c2ccc(CCC(=O)O)cc21. The fourth-order valence-corrected chi connectivity index (χ4v) is 5.64. The number of fused-ring (bicyclic) bond motifs is 4. The van der Waals surface area contributed by atoms with Crippen LogP contribution in [0.4, 0.5) is 0 Å². The van der Waals surface area contributed by atoms with Gasteiger partial charge in [-0.05, 0) is 59.5 Å². The molecule has 1 heterocycles. The summed E-state index contributed by atoms with van der Waals surface area (Å²) < 4.78 is 2.28. The van der Waals surface area contributed by atoms with Crippen molar-refractivity contribution >= 4 is 39.6 Å². The van der Waals surface area contributed by atoms with Crippen LogP contribution in [0.2, 0.25) is 0 Å². The van der Waals surface area contributed by atoms with Gasteiger partial charge in [0.25, 0.3) is 0 Å². The van der Waals surface area contributed by atoms with Crippen molar-refractivity contribution in [3.63, 3.8) is 0 Å². The number of carbonyl (C=O) groups is 2. The van der Waals surface area contributed by atoms with Gasteiger partial charge in [0.2, 0.25) is 0 Å². The van der Waals surface area contributed by atoms with Gasteiger partial charge in [0.1, 0.15) is 0 Å². The van der Waals surface area contributed by atoms with Crippen molar-refractivity contribution in [1.29, 1.82) is 0 Å². The van der Waals surface area contributed by atoms with Crippen molar-refractivity contribution in [1.82, 2.24) is 4.57 Å². The maximum Gasteiger partial charge on any atom is 0.303 e. The van der Waals surface area contributed by atoms with E-state index in [2.05, 4.69) is 73.0 Å². The van der Waals surface area contributed by atoms with Crippen LogP contribution in [0.3, 0.4) is 0 Å². The van der Waals surface area contributed by atoms with E-state index in [1.165, 1.54) is 5.39 Å². The van der Waals surface area contributed by atoms with Crippen LogP contribution in [-0.4, -0.2) is 21.4 Å². The van der Waals surface area contributed by atoms with Crippen molar-refractivity contribution in [2.24, 2.45) is 0 Å². The smallest absolute Gasteiger partial charge is 0.303 e. The summed E-state index contributed by atoms with van der Waals surface area (Å²) >= 11 is 0. The molecule has 1 aromatic heterocycles. The summed E-state index contributed by atoms with van der Waals surface area (Å²) in [6, 6.07) is 30.9. The number of carboxylic acids is 1. The number of aromatic nitrogens is 1. The summed E-state index contributed by atoms with van der Waals surface area (Å²) in [5.41, 5.74) is 7.26. The average molecular weight is 486 g/mol. The van der Waals surface area contributed by atoms with Crippen molar-refractivity contribution in [3.8, 4) is 5.69 Å². The van der Waals surface area contributed by atoms with Crippen LogP contribution in [0.5, 0.6) is 0 Å². The maximum atomic E-state index is 13.5. The van der Waals surface area contributed by atoms with Gasteiger partial charge < -0.3 is 9.67 Å². The molecule has 6 rings (SSSR count). The van der Waals surface area contributed by atoms with Gasteiger partial charge in [0.15, 0.2) is 5.78 Å². The highest BCUT2D eigenvalue weighted by Gasteiger charge is 2.40. The number of aryl methyl sites for hydroxylation is 1. The molecule has 0 bridgehead atoms. The van der Waals surface area contributed by atoms with Gasteiger partial charge in [-0.1, -0.05) is 74.5 Å². The molecule has 0 saturated heterocycles. The number of carbonyl (C=O) groups excluding carboxylic acids is 1. The molecule has 182 valence electrons. The number of rotatable bonds is 5. The summed E-state index contributed by atoms with van der Waals surface area (Å²) in [6.07, 6.45) is 2.55. The molecule has 1 aliphatic rings. The summed E-state index contributed by atoms with van der Waals surface area (Å²) in [5.74, 6) is -0.781. The largest absolute Gasteiger partial charge is 0.481 e. The fourth-order valence-electron chi connectivity index (χ4n) is 5.64. The monoisotopic (exact) mass is 485 g/mol. The third-order valence-corrected chi connectivity index (χ3v) is 7.57. The predicted octanol–water partition coefficient (Wildman–Crippen LogP) is 7.36. The van der Waals surface area contributed by atoms with Crippen LogP contribution in [-0.2, 0) is 16.6 Å². The Morgan fingerprint density at radius 3 is 2.38 bits per heavy atom. The zero-order chi connectivity index (χ0) is 25.7. The van der Waals surface area contributed by atoms with Gasteiger partial charge in [0, 0.05) is 39.4 Å². The highest BCUT2D eigenvalue weighted by molar-refractivity contribution is 6.18. The molecule has 0 saturated carbocycles. The third kappa shape index (κ3) is 3.77. The second kappa shape index (κ2) is 8.59. The van der Waals surface area contributed by atoms with E-state index in [4.69, 9.17) is 5.11 Å². The molecule has 0 amide bonds. The van der Waals surface area contributed by atoms with E-state index >= 15 is 0 Å². The van der Waals surface area contributed by atoms with E-state index in [1.807, 2.05) is 42.5 Å². The Balaban J connectivity index is 1.46. The van der Waals surface area contributed by atoms with Crippen LogP contribution >= 0.6 is 0 Å². The first-order chi connectivity index (χ1) is 17.8. The standard InChI is InChI=1S/C33H27NO3/c1-33(2)27-19-21(14-17-31(35)36)12-15-25(27)32(37)28(33)20-22-13-16-30-26(18-22)24-10-6-7-11-29(24)34(30)23-8-4-3-5-9-23/h3-13,15-16,18-20H,14,17H2,1-2H3,(H,35,36).